The molecule has 0 bridgehead atoms. The zero-order valence-corrected chi connectivity index (χ0v) is 16.9. The number of aryl methyl sites for hydroxylation is 1. The number of aromatic nitrogens is 2. The number of nitrogens with one attached hydrogen (secondary N) is 2. The Morgan fingerprint density at radius 1 is 1.07 bits per heavy atom. The first-order valence-corrected chi connectivity index (χ1v) is 9.66. The molecule has 0 unspecified atom stereocenters. The predicted molar refractivity (Wildman–Crippen MR) is 113 cm³/mol. The highest BCUT2D eigenvalue weighted by Crippen LogP contribution is 2.25. The first-order valence-electron chi connectivity index (χ1n) is 9.66. The number of para-hydroxylation sites is 1. The fourth-order valence-electron chi connectivity index (χ4n) is 3.04. The van der Waals surface area contributed by atoms with Crippen LogP contribution >= 0.6 is 0 Å². The Hall–Kier alpha value is -3.28. The summed E-state index contributed by atoms with van der Waals surface area (Å²) >= 11 is 0. The van der Waals surface area contributed by atoms with Crippen molar-refractivity contribution in [2.24, 2.45) is 0 Å². The van der Waals surface area contributed by atoms with Gasteiger partial charge in [0.15, 0.2) is 0 Å². The van der Waals surface area contributed by atoms with Crippen molar-refractivity contribution in [3.63, 3.8) is 0 Å². The van der Waals surface area contributed by atoms with Crippen LogP contribution in [0.3, 0.4) is 0 Å². The van der Waals surface area contributed by atoms with E-state index >= 15 is 0 Å². The van der Waals surface area contributed by atoms with E-state index in [-0.39, 0.29) is 11.7 Å². The largest absolute Gasteiger partial charge is 0.350 e. The average molecular weight is 392 g/mol. The van der Waals surface area contributed by atoms with E-state index in [0.29, 0.717) is 36.2 Å². The van der Waals surface area contributed by atoms with Crippen molar-refractivity contribution in [1.29, 1.82) is 0 Å². The smallest absolute Gasteiger partial charge is 0.270 e. The normalized spacial score (nSPS) is 10.8. The number of hydrogen-bond acceptors (Lipinski definition) is 4. The van der Waals surface area contributed by atoms with E-state index in [4.69, 9.17) is 0 Å². The number of rotatable bonds is 7. The molecule has 1 aromatic heterocycles. The molecule has 0 spiro atoms. The van der Waals surface area contributed by atoms with E-state index < -0.39 is 0 Å². The molecule has 29 heavy (non-hydrogen) atoms. The van der Waals surface area contributed by atoms with Gasteiger partial charge in [-0.05, 0) is 54.7 Å². The van der Waals surface area contributed by atoms with Gasteiger partial charge in [-0.15, -0.1) is 0 Å². The third-order valence-electron chi connectivity index (χ3n) is 4.53. The maximum atomic E-state index is 13.0. The zero-order valence-electron chi connectivity index (χ0n) is 16.9. The average Bonchev–Trinajstić information content (AvgIpc) is 2.69. The topological polar surface area (TPSA) is 66.9 Å². The van der Waals surface area contributed by atoms with E-state index in [9.17, 15) is 9.18 Å². The Kier molecular flexibility index (Phi) is 6.54. The highest BCUT2D eigenvalue weighted by Gasteiger charge is 2.12. The Labute approximate surface area is 170 Å². The summed E-state index contributed by atoms with van der Waals surface area (Å²) in [6.07, 6.45) is 0.614. The summed E-state index contributed by atoms with van der Waals surface area (Å²) in [5.41, 5.74) is 4.05. The van der Waals surface area contributed by atoms with Crippen LogP contribution in [-0.4, -0.2) is 22.4 Å². The van der Waals surface area contributed by atoms with Gasteiger partial charge in [0.2, 0.25) is 5.95 Å². The molecule has 2 aromatic carbocycles. The molecule has 0 fully saturated rings. The molecule has 0 saturated heterocycles. The molecular formula is C23H25FN4O. The van der Waals surface area contributed by atoms with Gasteiger partial charge in [-0.3, -0.25) is 4.79 Å². The SMILES string of the molecule is Cc1cc(C(=O)NCCc2ccc(F)cc2)nc(Nc2ccccc2C(C)C)n1. The number of halogens is 1. The molecule has 0 saturated carbocycles. The second-order valence-electron chi connectivity index (χ2n) is 7.22. The van der Waals surface area contributed by atoms with Crippen LogP contribution in [-0.2, 0) is 6.42 Å². The summed E-state index contributed by atoms with van der Waals surface area (Å²) in [4.78, 5) is 21.3. The highest BCUT2D eigenvalue weighted by atomic mass is 19.1. The Morgan fingerprint density at radius 3 is 2.52 bits per heavy atom. The van der Waals surface area contributed by atoms with Gasteiger partial charge in [0.25, 0.3) is 5.91 Å². The Balaban J connectivity index is 1.68. The minimum Gasteiger partial charge on any atom is -0.350 e. The Bertz CT molecular complexity index is 986. The summed E-state index contributed by atoms with van der Waals surface area (Å²) in [6.45, 7) is 6.51. The first-order chi connectivity index (χ1) is 13.9. The molecule has 1 amide bonds. The number of benzene rings is 2. The quantitative estimate of drug-likeness (QED) is 0.608. The van der Waals surface area contributed by atoms with Crippen molar-refractivity contribution in [2.45, 2.75) is 33.1 Å². The zero-order chi connectivity index (χ0) is 20.8. The van der Waals surface area contributed by atoms with Crippen LogP contribution in [0.25, 0.3) is 0 Å². The molecule has 150 valence electrons. The van der Waals surface area contributed by atoms with Crippen molar-refractivity contribution in [2.75, 3.05) is 11.9 Å². The van der Waals surface area contributed by atoms with Gasteiger partial charge in [0, 0.05) is 17.9 Å². The van der Waals surface area contributed by atoms with E-state index in [1.165, 1.54) is 12.1 Å². The summed E-state index contributed by atoms with van der Waals surface area (Å²) in [7, 11) is 0. The fraction of sp³-hybridized carbons (Fsp3) is 0.261. The lowest BCUT2D eigenvalue weighted by Crippen LogP contribution is -2.27. The lowest BCUT2D eigenvalue weighted by molar-refractivity contribution is 0.0949. The number of carbonyl (C=O) groups excluding carboxylic acids is 1. The van der Waals surface area contributed by atoms with Gasteiger partial charge in [-0.2, -0.15) is 0 Å². The number of amides is 1. The fourth-order valence-corrected chi connectivity index (χ4v) is 3.04. The lowest BCUT2D eigenvalue weighted by Gasteiger charge is -2.14. The van der Waals surface area contributed by atoms with Crippen LogP contribution < -0.4 is 10.6 Å². The van der Waals surface area contributed by atoms with Crippen LogP contribution in [0.2, 0.25) is 0 Å². The summed E-state index contributed by atoms with van der Waals surface area (Å²) in [5.74, 6) is 0.200. The third kappa shape index (κ3) is 5.60. The van der Waals surface area contributed by atoms with E-state index in [2.05, 4.69) is 40.5 Å². The first kappa shape index (κ1) is 20.5. The molecule has 0 aliphatic carbocycles. The second-order valence-corrected chi connectivity index (χ2v) is 7.22. The summed E-state index contributed by atoms with van der Waals surface area (Å²) < 4.78 is 13.0. The number of hydrogen-bond donors (Lipinski definition) is 2. The van der Waals surface area contributed by atoms with Crippen molar-refractivity contribution in [3.8, 4) is 0 Å². The van der Waals surface area contributed by atoms with E-state index in [1.54, 1.807) is 18.2 Å². The molecule has 6 heteroatoms. The minimum absolute atomic E-state index is 0.266. The Morgan fingerprint density at radius 2 is 1.79 bits per heavy atom. The molecule has 2 N–H and O–H groups in total. The van der Waals surface area contributed by atoms with Gasteiger partial charge >= 0.3 is 0 Å². The maximum Gasteiger partial charge on any atom is 0.270 e. The highest BCUT2D eigenvalue weighted by molar-refractivity contribution is 5.92. The van der Waals surface area contributed by atoms with Crippen molar-refractivity contribution in [3.05, 3.63) is 82.9 Å². The number of carbonyl (C=O) groups is 1. The summed E-state index contributed by atoms with van der Waals surface area (Å²) in [5, 5.41) is 6.10. The van der Waals surface area contributed by atoms with E-state index in [0.717, 1.165) is 16.8 Å². The molecular weight excluding hydrogens is 367 g/mol. The third-order valence-corrected chi connectivity index (χ3v) is 4.53. The molecule has 0 aliphatic rings. The lowest BCUT2D eigenvalue weighted by atomic mass is 10.0. The van der Waals surface area contributed by atoms with Crippen LogP contribution in [0.5, 0.6) is 0 Å². The van der Waals surface area contributed by atoms with Gasteiger partial charge < -0.3 is 10.6 Å². The molecule has 1 heterocycles. The number of nitrogens with zero attached hydrogens (tertiary/aromatic N) is 2. The molecule has 5 nitrogen and oxygen atoms in total. The second kappa shape index (κ2) is 9.28. The van der Waals surface area contributed by atoms with Crippen LogP contribution in [0.4, 0.5) is 16.0 Å². The number of anilines is 2. The molecule has 0 aliphatic heterocycles. The van der Waals surface area contributed by atoms with Crippen molar-refractivity contribution < 1.29 is 9.18 Å². The van der Waals surface area contributed by atoms with Gasteiger partial charge in [0.1, 0.15) is 11.5 Å². The molecule has 0 radical (unpaired) electrons. The van der Waals surface area contributed by atoms with Gasteiger partial charge in [0.05, 0.1) is 0 Å². The van der Waals surface area contributed by atoms with Crippen molar-refractivity contribution in [1.82, 2.24) is 15.3 Å². The summed E-state index contributed by atoms with van der Waals surface area (Å²) in [6, 6.07) is 15.9. The minimum atomic E-state index is -0.270. The van der Waals surface area contributed by atoms with Gasteiger partial charge in [-0.25, -0.2) is 14.4 Å². The van der Waals surface area contributed by atoms with Crippen molar-refractivity contribution >= 4 is 17.5 Å². The standard InChI is InChI=1S/C23H25FN4O/c1-15(2)19-6-4-5-7-20(19)27-23-26-16(3)14-21(28-23)22(29)25-13-12-17-8-10-18(24)11-9-17/h4-11,14-15H,12-13H2,1-3H3,(H,25,29)(H,26,27,28). The van der Waals surface area contributed by atoms with Crippen LogP contribution in [0, 0.1) is 12.7 Å². The van der Waals surface area contributed by atoms with Crippen LogP contribution in [0.15, 0.2) is 54.6 Å². The predicted octanol–water partition coefficient (Wildman–Crippen LogP) is 4.76. The molecule has 0 atom stereocenters. The molecule has 3 aromatic rings. The monoisotopic (exact) mass is 392 g/mol. The van der Waals surface area contributed by atoms with Gasteiger partial charge in [-0.1, -0.05) is 44.2 Å². The molecule has 3 rings (SSSR count). The van der Waals surface area contributed by atoms with E-state index in [1.807, 2.05) is 25.1 Å². The van der Waals surface area contributed by atoms with Crippen LogP contribution in [0.1, 0.15) is 47.1 Å². The maximum absolute atomic E-state index is 13.0.